The number of carbonyl (C=O) groups excluding carboxylic acids is 2. The lowest BCUT2D eigenvalue weighted by molar-refractivity contribution is 0.0707. The fraction of sp³-hybridized carbons (Fsp3) is 0.190. The van der Waals surface area contributed by atoms with E-state index in [1.54, 1.807) is 41.3 Å². The standard InChI is InChI=1S/C21H19N3O3S/c1-3-24(14(2)16-8-6-15(13-22)7-9-16)21(26)18-10-11-19(28-18)23-20(25)17-5-4-12-27-17/h4-12,14H,3H2,1-2H3,(H,23,25). The predicted molar refractivity (Wildman–Crippen MR) is 107 cm³/mol. The van der Waals surface area contributed by atoms with Crippen LogP contribution < -0.4 is 5.32 Å². The van der Waals surface area contributed by atoms with Crippen molar-refractivity contribution in [3.05, 3.63) is 76.6 Å². The van der Waals surface area contributed by atoms with Crippen molar-refractivity contribution < 1.29 is 14.0 Å². The summed E-state index contributed by atoms with van der Waals surface area (Å²) in [5.74, 6) is -0.252. The number of hydrogen-bond donors (Lipinski definition) is 1. The number of hydrogen-bond acceptors (Lipinski definition) is 5. The molecule has 7 heteroatoms. The van der Waals surface area contributed by atoms with Crippen molar-refractivity contribution in [1.29, 1.82) is 5.26 Å². The molecule has 0 saturated heterocycles. The number of carbonyl (C=O) groups is 2. The van der Waals surface area contributed by atoms with Crippen molar-refractivity contribution in [2.24, 2.45) is 0 Å². The third-order valence-corrected chi connectivity index (χ3v) is 5.38. The Labute approximate surface area is 167 Å². The number of benzene rings is 1. The average Bonchev–Trinajstić information content (AvgIpc) is 3.40. The van der Waals surface area contributed by atoms with Crippen LogP contribution in [0.3, 0.4) is 0 Å². The first-order valence-electron chi connectivity index (χ1n) is 8.79. The molecule has 0 spiro atoms. The maximum Gasteiger partial charge on any atom is 0.291 e. The molecule has 0 aliphatic heterocycles. The first kappa shape index (κ1) is 19.4. The second-order valence-electron chi connectivity index (χ2n) is 6.10. The van der Waals surface area contributed by atoms with E-state index in [-0.39, 0.29) is 23.6 Å². The Hall–Kier alpha value is -3.37. The number of furan rings is 1. The van der Waals surface area contributed by atoms with E-state index in [2.05, 4.69) is 11.4 Å². The first-order chi connectivity index (χ1) is 13.5. The van der Waals surface area contributed by atoms with E-state index in [0.29, 0.717) is 22.0 Å². The van der Waals surface area contributed by atoms with Crippen LogP contribution in [0.2, 0.25) is 0 Å². The van der Waals surface area contributed by atoms with Crippen molar-refractivity contribution in [3.63, 3.8) is 0 Å². The predicted octanol–water partition coefficient (Wildman–Crippen LogP) is 4.69. The van der Waals surface area contributed by atoms with Crippen molar-refractivity contribution in [2.75, 3.05) is 11.9 Å². The monoisotopic (exact) mass is 393 g/mol. The molecule has 2 aromatic heterocycles. The minimum atomic E-state index is -0.357. The molecule has 0 radical (unpaired) electrons. The largest absolute Gasteiger partial charge is 0.459 e. The summed E-state index contributed by atoms with van der Waals surface area (Å²) >= 11 is 1.22. The van der Waals surface area contributed by atoms with Gasteiger partial charge in [-0.25, -0.2) is 0 Å². The molecular weight excluding hydrogens is 374 g/mol. The van der Waals surface area contributed by atoms with Crippen LogP contribution in [0, 0.1) is 11.3 Å². The van der Waals surface area contributed by atoms with Gasteiger partial charge in [-0.3, -0.25) is 9.59 Å². The zero-order valence-electron chi connectivity index (χ0n) is 15.5. The number of thiophene rings is 1. The Kier molecular flexibility index (Phi) is 5.92. The summed E-state index contributed by atoms with van der Waals surface area (Å²) in [6, 6.07) is 15.8. The lowest BCUT2D eigenvalue weighted by Crippen LogP contribution is -2.32. The fourth-order valence-electron chi connectivity index (χ4n) is 2.85. The lowest BCUT2D eigenvalue weighted by atomic mass is 10.0. The van der Waals surface area contributed by atoms with Gasteiger partial charge in [0.2, 0.25) is 0 Å². The summed E-state index contributed by atoms with van der Waals surface area (Å²) in [5.41, 5.74) is 1.54. The number of nitrogens with one attached hydrogen (secondary N) is 1. The number of amides is 2. The van der Waals surface area contributed by atoms with Crippen LogP contribution in [-0.2, 0) is 0 Å². The van der Waals surface area contributed by atoms with E-state index >= 15 is 0 Å². The van der Waals surface area contributed by atoms with Crippen LogP contribution in [0.1, 0.15) is 51.2 Å². The second kappa shape index (κ2) is 8.55. The third-order valence-electron chi connectivity index (χ3n) is 4.39. The van der Waals surface area contributed by atoms with Crippen LogP contribution in [0.25, 0.3) is 0 Å². The number of nitriles is 1. The van der Waals surface area contributed by atoms with Gasteiger partial charge in [-0.1, -0.05) is 12.1 Å². The van der Waals surface area contributed by atoms with Crippen molar-refractivity contribution >= 4 is 28.2 Å². The summed E-state index contributed by atoms with van der Waals surface area (Å²) in [4.78, 5) is 27.4. The Balaban J connectivity index is 1.73. The molecule has 6 nitrogen and oxygen atoms in total. The van der Waals surface area contributed by atoms with E-state index in [4.69, 9.17) is 9.68 Å². The van der Waals surface area contributed by atoms with Crippen LogP contribution in [0.5, 0.6) is 0 Å². The summed E-state index contributed by atoms with van der Waals surface area (Å²) in [5, 5.41) is 12.2. The molecule has 0 bridgehead atoms. The topological polar surface area (TPSA) is 86.3 Å². The Morgan fingerprint density at radius 3 is 2.57 bits per heavy atom. The van der Waals surface area contributed by atoms with E-state index < -0.39 is 0 Å². The molecule has 28 heavy (non-hydrogen) atoms. The van der Waals surface area contributed by atoms with Gasteiger partial charge in [0.25, 0.3) is 11.8 Å². The highest BCUT2D eigenvalue weighted by molar-refractivity contribution is 7.18. The highest BCUT2D eigenvalue weighted by atomic mass is 32.1. The molecule has 0 aliphatic rings. The Morgan fingerprint density at radius 2 is 1.96 bits per heavy atom. The van der Waals surface area contributed by atoms with Gasteiger partial charge in [-0.15, -0.1) is 11.3 Å². The van der Waals surface area contributed by atoms with E-state index in [9.17, 15) is 9.59 Å². The van der Waals surface area contributed by atoms with Crippen molar-refractivity contribution in [3.8, 4) is 6.07 Å². The van der Waals surface area contributed by atoms with Gasteiger partial charge >= 0.3 is 0 Å². The van der Waals surface area contributed by atoms with E-state index in [1.807, 2.05) is 26.0 Å². The molecule has 0 aliphatic carbocycles. The molecule has 1 aromatic carbocycles. The Morgan fingerprint density at radius 1 is 1.21 bits per heavy atom. The normalized spacial score (nSPS) is 11.5. The van der Waals surface area contributed by atoms with Gasteiger partial charge in [-0.2, -0.15) is 5.26 Å². The van der Waals surface area contributed by atoms with Crippen molar-refractivity contribution in [2.45, 2.75) is 19.9 Å². The molecule has 3 aromatic rings. The van der Waals surface area contributed by atoms with Gasteiger partial charge in [-0.05, 0) is 55.8 Å². The van der Waals surface area contributed by atoms with Crippen LogP contribution in [0.4, 0.5) is 5.00 Å². The molecule has 1 N–H and O–H groups in total. The molecule has 2 amide bonds. The maximum absolute atomic E-state index is 13.0. The molecular formula is C21H19N3O3S. The van der Waals surface area contributed by atoms with Gasteiger partial charge in [0, 0.05) is 6.54 Å². The molecule has 0 saturated carbocycles. The summed E-state index contributed by atoms with van der Waals surface area (Å²) in [6.07, 6.45) is 1.43. The second-order valence-corrected chi connectivity index (χ2v) is 7.18. The minimum Gasteiger partial charge on any atom is -0.459 e. The van der Waals surface area contributed by atoms with Gasteiger partial charge in [0.05, 0.1) is 33.8 Å². The smallest absolute Gasteiger partial charge is 0.291 e. The summed E-state index contributed by atoms with van der Waals surface area (Å²) < 4.78 is 5.07. The van der Waals surface area contributed by atoms with Crippen LogP contribution in [-0.4, -0.2) is 23.3 Å². The zero-order chi connectivity index (χ0) is 20.1. The molecule has 0 fully saturated rings. The molecule has 2 heterocycles. The molecule has 1 unspecified atom stereocenters. The first-order valence-corrected chi connectivity index (χ1v) is 9.60. The summed E-state index contributed by atoms with van der Waals surface area (Å²) in [7, 11) is 0. The lowest BCUT2D eigenvalue weighted by Gasteiger charge is -2.28. The zero-order valence-corrected chi connectivity index (χ0v) is 16.3. The molecule has 142 valence electrons. The van der Waals surface area contributed by atoms with Gasteiger partial charge < -0.3 is 14.6 Å². The van der Waals surface area contributed by atoms with E-state index in [0.717, 1.165) is 5.56 Å². The number of nitrogens with zero attached hydrogens (tertiary/aromatic N) is 2. The van der Waals surface area contributed by atoms with Crippen LogP contribution in [0.15, 0.2) is 59.2 Å². The summed E-state index contributed by atoms with van der Waals surface area (Å²) in [6.45, 7) is 4.41. The highest BCUT2D eigenvalue weighted by Gasteiger charge is 2.23. The average molecular weight is 393 g/mol. The SMILES string of the molecule is CCN(C(=O)c1ccc(NC(=O)c2ccco2)s1)C(C)c1ccc(C#N)cc1. The molecule has 1 atom stereocenters. The quantitative estimate of drug-likeness (QED) is 0.658. The van der Waals surface area contributed by atoms with Crippen LogP contribution >= 0.6 is 11.3 Å². The van der Waals surface area contributed by atoms with Gasteiger partial charge in [0.1, 0.15) is 0 Å². The number of anilines is 1. The van der Waals surface area contributed by atoms with Gasteiger partial charge in [0.15, 0.2) is 5.76 Å². The third kappa shape index (κ3) is 4.13. The highest BCUT2D eigenvalue weighted by Crippen LogP contribution is 2.28. The molecule has 3 rings (SSSR count). The Bertz CT molecular complexity index is 1000. The van der Waals surface area contributed by atoms with E-state index in [1.165, 1.54) is 17.6 Å². The number of rotatable bonds is 6. The maximum atomic E-state index is 13.0. The van der Waals surface area contributed by atoms with Crippen molar-refractivity contribution in [1.82, 2.24) is 4.90 Å². The minimum absolute atomic E-state index is 0.108. The fourth-order valence-corrected chi connectivity index (χ4v) is 3.71.